The van der Waals surface area contributed by atoms with Gasteiger partial charge in [0.25, 0.3) is 0 Å². The van der Waals surface area contributed by atoms with Crippen LogP contribution < -0.4 is 5.73 Å². The zero-order valence-electron chi connectivity index (χ0n) is 8.09. The second-order valence-corrected chi connectivity index (χ2v) is 4.83. The SMILES string of the molecule is COC(=O)C(C)(N)CSC(C)C. The van der Waals surface area contributed by atoms with Crippen molar-refractivity contribution in [1.82, 2.24) is 0 Å². The van der Waals surface area contributed by atoms with E-state index >= 15 is 0 Å². The molecule has 0 aromatic carbocycles. The highest BCUT2D eigenvalue weighted by Crippen LogP contribution is 2.16. The first-order valence-electron chi connectivity index (χ1n) is 3.89. The van der Waals surface area contributed by atoms with E-state index in [0.717, 1.165) is 0 Å². The van der Waals surface area contributed by atoms with E-state index in [9.17, 15) is 4.79 Å². The Morgan fingerprint density at radius 1 is 1.67 bits per heavy atom. The molecule has 2 N–H and O–H groups in total. The Morgan fingerprint density at radius 2 is 2.17 bits per heavy atom. The molecule has 1 unspecified atom stereocenters. The summed E-state index contributed by atoms with van der Waals surface area (Å²) in [7, 11) is 1.35. The summed E-state index contributed by atoms with van der Waals surface area (Å²) in [5.41, 5.74) is 4.87. The number of carbonyl (C=O) groups excluding carboxylic acids is 1. The normalized spacial score (nSPS) is 15.8. The molecule has 0 spiro atoms. The molecule has 0 aromatic rings. The van der Waals surface area contributed by atoms with Gasteiger partial charge in [-0.25, -0.2) is 0 Å². The molecule has 0 aliphatic rings. The predicted molar refractivity (Wildman–Crippen MR) is 52.2 cm³/mol. The molecule has 0 saturated carbocycles. The molecule has 0 aliphatic heterocycles. The van der Waals surface area contributed by atoms with Crippen LogP contribution in [-0.2, 0) is 9.53 Å². The third kappa shape index (κ3) is 3.97. The van der Waals surface area contributed by atoms with E-state index in [2.05, 4.69) is 18.6 Å². The number of ether oxygens (including phenoxy) is 1. The van der Waals surface area contributed by atoms with Gasteiger partial charge in [0.2, 0.25) is 0 Å². The summed E-state index contributed by atoms with van der Waals surface area (Å²) in [6.45, 7) is 5.82. The summed E-state index contributed by atoms with van der Waals surface area (Å²) in [6.07, 6.45) is 0. The van der Waals surface area contributed by atoms with E-state index in [1.165, 1.54) is 7.11 Å². The summed E-state index contributed by atoms with van der Waals surface area (Å²) in [5.74, 6) is 0.243. The van der Waals surface area contributed by atoms with Gasteiger partial charge in [0.15, 0.2) is 0 Å². The highest BCUT2D eigenvalue weighted by atomic mass is 32.2. The van der Waals surface area contributed by atoms with Crippen molar-refractivity contribution in [2.45, 2.75) is 31.6 Å². The molecule has 0 bridgehead atoms. The van der Waals surface area contributed by atoms with Crippen molar-refractivity contribution < 1.29 is 9.53 Å². The average Bonchev–Trinajstić information content (AvgIpc) is 1.99. The number of methoxy groups -OCH3 is 1. The van der Waals surface area contributed by atoms with Crippen LogP contribution >= 0.6 is 11.8 Å². The number of thioether (sulfide) groups is 1. The van der Waals surface area contributed by atoms with E-state index in [1.54, 1.807) is 18.7 Å². The van der Waals surface area contributed by atoms with Gasteiger partial charge in [-0.1, -0.05) is 13.8 Å². The third-order valence-corrected chi connectivity index (χ3v) is 2.80. The molecular weight excluding hydrogens is 174 g/mol. The average molecular weight is 191 g/mol. The molecule has 4 heteroatoms. The second-order valence-electron chi connectivity index (χ2n) is 3.27. The van der Waals surface area contributed by atoms with Crippen LogP contribution in [0.25, 0.3) is 0 Å². The Labute approximate surface area is 78.0 Å². The lowest BCUT2D eigenvalue weighted by molar-refractivity contribution is -0.145. The maximum absolute atomic E-state index is 11.1. The molecule has 0 fully saturated rings. The summed E-state index contributed by atoms with van der Waals surface area (Å²) in [6, 6.07) is 0. The van der Waals surface area contributed by atoms with Gasteiger partial charge in [0.05, 0.1) is 7.11 Å². The van der Waals surface area contributed by atoms with E-state index < -0.39 is 5.54 Å². The molecule has 0 aliphatic carbocycles. The Balaban J connectivity index is 3.95. The Morgan fingerprint density at radius 3 is 2.50 bits per heavy atom. The highest BCUT2D eigenvalue weighted by Gasteiger charge is 2.29. The summed E-state index contributed by atoms with van der Waals surface area (Å²) in [5, 5.41) is 0.484. The van der Waals surface area contributed by atoms with Crippen LogP contribution in [0.3, 0.4) is 0 Å². The van der Waals surface area contributed by atoms with Crippen LogP contribution in [-0.4, -0.2) is 29.6 Å². The minimum Gasteiger partial charge on any atom is -0.468 e. The Kier molecular flexibility index (Phi) is 4.63. The summed E-state index contributed by atoms with van der Waals surface area (Å²) in [4.78, 5) is 11.1. The Hall–Kier alpha value is -0.220. The maximum atomic E-state index is 11.1. The zero-order chi connectivity index (χ0) is 9.78. The first-order chi connectivity index (χ1) is 5.40. The van der Waals surface area contributed by atoms with E-state index in [4.69, 9.17) is 5.73 Å². The van der Waals surface area contributed by atoms with Crippen LogP contribution in [0.15, 0.2) is 0 Å². The predicted octanol–water partition coefficient (Wildman–Crippen LogP) is 1.02. The number of hydrogen-bond donors (Lipinski definition) is 1. The molecule has 0 heterocycles. The quantitative estimate of drug-likeness (QED) is 0.674. The molecule has 1 atom stereocenters. The van der Waals surface area contributed by atoms with E-state index in [1.807, 2.05) is 0 Å². The van der Waals surface area contributed by atoms with Gasteiger partial charge < -0.3 is 10.5 Å². The number of carbonyl (C=O) groups is 1. The van der Waals surface area contributed by atoms with Gasteiger partial charge in [0.1, 0.15) is 5.54 Å². The first-order valence-corrected chi connectivity index (χ1v) is 4.94. The van der Waals surface area contributed by atoms with Gasteiger partial charge in [-0.3, -0.25) is 4.79 Å². The van der Waals surface area contributed by atoms with Crippen molar-refractivity contribution in [3.63, 3.8) is 0 Å². The molecular formula is C8H17NO2S. The number of rotatable bonds is 4. The minimum atomic E-state index is -0.857. The molecule has 0 aromatic heterocycles. The third-order valence-electron chi connectivity index (χ3n) is 1.37. The van der Waals surface area contributed by atoms with Gasteiger partial charge in [-0.15, -0.1) is 0 Å². The van der Waals surface area contributed by atoms with E-state index in [0.29, 0.717) is 11.0 Å². The van der Waals surface area contributed by atoms with Crippen LogP contribution in [0.5, 0.6) is 0 Å². The standard InChI is InChI=1S/C8H17NO2S/c1-6(2)12-5-8(3,9)7(10)11-4/h6H,5,9H2,1-4H3. The van der Waals surface area contributed by atoms with E-state index in [-0.39, 0.29) is 5.97 Å². The molecule has 3 nitrogen and oxygen atoms in total. The zero-order valence-corrected chi connectivity index (χ0v) is 8.90. The fraction of sp³-hybridized carbons (Fsp3) is 0.875. The minimum absolute atomic E-state index is 0.351. The maximum Gasteiger partial charge on any atom is 0.326 e. The highest BCUT2D eigenvalue weighted by molar-refractivity contribution is 7.99. The van der Waals surface area contributed by atoms with Crippen molar-refractivity contribution in [3.8, 4) is 0 Å². The second kappa shape index (κ2) is 4.72. The first kappa shape index (κ1) is 11.8. The molecule has 0 radical (unpaired) electrons. The van der Waals surface area contributed by atoms with Crippen molar-refractivity contribution in [2.75, 3.05) is 12.9 Å². The molecule has 12 heavy (non-hydrogen) atoms. The smallest absolute Gasteiger partial charge is 0.326 e. The summed E-state index contributed by atoms with van der Waals surface area (Å²) < 4.78 is 4.57. The molecule has 72 valence electrons. The lowest BCUT2D eigenvalue weighted by Crippen LogP contribution is -2.48. The number of esters is 1. The molecule has 0 amide bonds. The lowest BCUT2D eigenvalue weighted by atomic mass is 10.1. The van der Waals surface area contributed by atoms with Crippen molar-refractivity contribution in [2.24, 2.45) is 5.73 Å². The number of hydrogen-bond acceptors (Lipinski definition) is 4. The van der Waals surface area contributed by atoms with Crippen LogP contribution in [0.4, 0.5) is 0 Å². The fourth-order valence-electron chi connectivity index (χ4n) is 0.632. The van der Waals surface area contributed by atoms with Crippen molar-refractivity contribution >= 4 is 17.7 Å². The molecule has 0 saturated heterocycles. The monoisotopic (exact) mass is 191 g/mol. The Bertz CT molecular complexity index is 157. The van der Waals surface area contributed by atoms with Gasteiger partial charge in [-0.05, 0) is 12.2 Å². The summed E-state index contributed by atoms with van der Waals surface area (Å²) >= 11 is 1.66. The van der Waals surface area contributed by atoms with Crippen LogP contribution in [0.2, 0.25) is 0 Å². The largest absolute Gasteiger partial charge is 0.468 e. The van der Waals surface area contributed by atoms with Crippen LogP contribution in [0.1, 0.15) is 20.8 Å². The van der Waals surface area contributed by atoms with Gasteiger partial charge in [0, 0.05) is 5.75 Å². The lowest BCUT2D eigenvalue weighted by Gasteiger charge is -2.21. The van der Waals surface area contributed by atoms with Crippen LogP contribution in [0, 0.1) is 0 Å². The topological polar surface area (TPSA) is 52.3 Å². The fourth-order valence-corrected chi connectivity index (χ4v) is 1.43. The number of nitrogens with two attached hydrogens (primary N) is 1. The van der Waals surface area contributed by atoms with Crippen molar-refractivity contribution in [3.05, 3.63) is 0 Å². The van der Waals surface area contributed by atoms with Gasteiger partial charge in [-0.2, -0.15) is 11.8 Å². The molecule has 0 rings (SSSR count). The van der Waals surface area contributed by atoms with Gasteiger partial charge >= 0.3 is 5.97 Å². The van der Waals surface area contributed by atoms with Crippen molar-refractivity contribution in [1.29, 1.82) is 0 Å².